The van der Waals surface area contributed by atoms with E-state index in [1.54, 1.807) is 24.3 Å². The molecule has 0 fully saturated rings. The third kappa shape index (κ3) is 5.59. The molecule has 8 heteroatoms. The van der Waals surface area contributed by atoms with Crippen LogP contribution < -0.4 is 10.1 Å². The van der Waals surface area contributed by atoms with Crippen molar-refractivity contribution in [3.8, 4) is 5.75 Å². The van der Waals surface area contributed by atoms with Gasteiger partial charge in [-0.15, -0.1) is 0 Å². The number of esters is 1. The molecular formula is C15H12BrNO6. The summed E-state index contributed by atoms with van der Waals surface area (Å²) < 4.78 is 15.6. The molecule has 0 radical (unpaired) electrons. The molecule has 0 atom stereocenters. The standard InChI is InChI=1S/C15H12BrNO6/c16-10-3-5-11(6-4-10)22-9-14(19)23-8-13(18)17-15(20)12-2-1-7-21-12/h1-7H,8-9H2,(H,17,18,20). The number of rotatable bonds is 6. The number of imide groups is 1. The molecule has 1 aromatic heterocycles. The zero-order chi connectivity index (χ0) is 16.7. The maximum absolute atomic E-state index is 11.5. The lowest BCUT2D eigenvalue weighted by atomic mass is 10.3. The van der Waals surface area contributed by atoms with Crippen LogP contribution in [0, 0.1) is 0 Å². The van der Waals surface area contributed by atoms with Crippen molar-refractivity contribution < 1.29 is 28.3 Å². The molecule has 0 spiro atoms. The molecule has 1 heterocycles. The van der Waals surface area contributed by atoms with Gasteiger partial charge in [-0.2, -0.15) is 0 Å². The molecule has 0 unspecified atom stereocenters. The summed E-state index contributed by atoms with van der Waals surface area (Å²) in [7, 11) is 0. The Balaban J connectivity index is 1.68. The quantitative estimate of drug-likeness (QED) is 0.768. The summed E-state index contributed by atoms with van der Waals surface area (Å²) in [6, 6.07) is 9.78. The Kier molecular flexibility index (Phi) is 5.93. The van der Waals surface area contributed by atoms with Crippen LogP contribution in [0.5, 0.6) is 5.75 Å². The van der Waals surface area contributed by atoms with Crippen molar-refractivity contribution in [2.45, 2.75) is 0 Å². The van der Waals surface area contributed by atoms with Gasteiger partial charge >= 0.3 is 5.97 Å². The highest BCUT2D eigenvalue weighted by atomic mass is 79.9. The summed E-state index contributed by atoms with van der Waals surface area (Å²) in [6.07, 6.45) is 1.30. The molecule has 0 aliphatic rings. The van der Waals surface area contributed by atoms with Crippen LogP contribution >= 0.6 is 15.9 Å². The van der Waals surface area contributed by atoms with E-state index in [1.165, 1.54) is 18.4 Å². The number of amides is 2. The van der Waals surface area contributed by atoms with E-state index in [-0.39, 0.29) is 12.4 Å². The van der Waals surface area contributed by atoms with Crippen LogP contribution in [-0.2, 0) is 14.3 Å². The van der Waals surface area contributed by atoms with E-state index in [1.807, 2.05) is 5.32 Å². The van der Waals surface area contributed by atoms with Gasteiger partial charge in [0, 0.05) is 4.47 Å². The summed E-state index contributed by atoms with van der Waals surface area (Å²) in [5.41, 5.74) is 0. The van der Waals surface area contributed by atoms with Gasteiger partial charge < -0.3 is 13.9 Å². The summed E-state index contributed by atoms with van der Waals surface area (Å²) in [6.45, 7) is -0.935. The van der Waals surface area contributed by atoms with Crippen molar-refractivity contribution in [1.29, 1.82) is 0 Å². The third-order valence-corrected chi connectivity index (χ3v) is 3.06. The molecule has 0 saturated carbocycles. The molecule has 23 heavy (non-hydrogen) atoms. The molecule has 1 N–H and O–H groups in total. The summed E-state index contributed by atoms with van der Waals surface area (Å²) in [4.78, 5) is 34.4. The first-order valence-electron chi connectivity index (χ1n) is 6.46. The monoisotopic (exact) mass is 381 g/mol. The van der Waals surface area contributed by atoms with Crippen LogP contribution in [0.25, 0.3) is 0 Å². The first kappa shape index (κ1) is 16.8. The SMILES string of the molecule is O=C(COC(=O)COc1ccc(Br)cc1)NC(=O)c1ccco1. The highest BCUT2D eigenvalue weighted by Gasteiger charge is 2.14. The average Bonchev–Trinajstić information content (AvgIpc) is 3.07. The third-order valence-electron chi connectivity index (χ3n) is 2.53. The number of halogens is 1. The van der Waals surface area contributed by atoms with Gasteiger partial charge in [0.15, 0.2) is 19.0 Å². The van der Waals surface area contributed by atoms with Crippen molar-refractivity contribution in [2.24, 2.45) is 0 Å². The summed E-state index contributed by atoms with van der Waals surface area (Å²) in [5, 5.41) is 2.02. The number of benzene rings is 1. The molecule has 120 valence electrons. The highest BCUT2D eigenvalue weighted by molar-refractivity contribution is 9.10. The molecule has 2 aromatic rings. The van der Waals surface area contributed by atoms with Crippen LogP contribution in [0.2, 0.25) is 0 Å². The largest absolute Gasteiger partial charge is 0.482 e. The van der Waals surface area contributed by atoms with Crippen LogP contribution in [0.3, 0.4) is 0 Å². The summed E-state index contributed by atoms with van der Waals surface area (Å²) in [5.74, 6) is -1.72. The molecule has 0 saturated heterocycles. The fraction of sp³-hybridized carbons (Fsp3) is 0.133. The average molecular weight is 382 g/mol. The summed E-state index contributed by atoms with van der Waals surface area (Å²) >= 11 is 3.27. The van der Waals surface area contributed by atoms with E-state index in [0.717, 1.165) is 4.47 Å². The van der Waals surface area contributed by atoms with Crippen molar-refractivity contribution in [2.75, 3.05) is 13.2 Å². The van der Waals surface area contributed by atoms with E-state index in [2.05, 4.69) is 15.9 Å². The Morgan fingerprint density at radius 1 is 1.09 bits per heavy atom. The lowest BCUT2D eigenvalue weighted by Crippen LogP contribution is -2.34. The van der Waals surface area contributed by atoms with E-state index in [4.69, 9.17) is 13.9 Å². The Bertz CT molecular complexity index is 681. The van der Waals surface area contributed by atoms with Crippen LogP contribution in [-0.4, -0.2) is 31.0 Å². The molecule has 7 nitrogen and oxygen atoms in total. The van der Waals surface area contributed by atoms with Crippen molar-refractivity contribution in [3.63, 3.8) is 0 Å². The minimum Gasteiger partial charge on any atom is -0.482 e. The molecule has 0 aliphatic carbocycles. The first-order valence-corrected chi connectivity index (χ1v) is 7.25. The number of hydrogen-bond donors (Lipinski definition) is 1. The lowest BCUT2D eigenvalue weighted by molar-refractivity contribution is -0.150. The number of carbonyl (C=O) groups excluding carboxylic acids is 3. The van der Waals surface area contributed by atoms with Gasteiger partial charge in [-0.1, -0.05) is 15.9 Å². The second-order valence-electron chi connectivity index (χ2n) is 4.26. The van der Waals surface area contributed by atoms with E-state index >= 15 is 0 Å². The molecule has 0 aliphatic heterocycles. The number of carbonyl (C=O) groups is 3. The second-order valence-corrected chi connectivity index (χ2v) is 5.17. The predicted octanol–water partition coefficient (Wildman–Crippen LogP) is 1.92. The molecule has 2 amide bonds. The minimum absolute atomic E-state index is 0.0109. The van der Waals surface area contributed by atoms with Crippen molar-refractivity contribution in [1.82, 2.24) is 5.32 Å². The van der Waals surface area contributed by atoms with Crippen LogP contribution in [0.15, 0.2) is 51.6 Å². The first-order chi connectivity index (χ1) is 11.0. The normalized spacial score (nSPS) is 9.96. The fourth-order valence-corrected chi connectivity index (χ4v) is 1.76. The van der Waals surface area contributed by atoms with Gasteiger partial charge in [0.2, 0.25) is 0 Å². The minimum atomic E-state index is -0.761. The zero-order valence-corrected chi connectivity index (χ0v) is 13.4. The van der Waals surface area contributed by atoms with Gasteiger partial charge in [-0.05, 0) is 36.4 Å². The van der Waals surface area contributed by atoms with Gasteiger partial charge in [0.25, 0.3) is 11.8 Å². The van der Waals surface area contributed by atoms with E-state index in [9.17, 15) is 14.4 Å². The maximum Gasteiger partial charge on any atom is 0.344 e. The van der Waals surface area contributed by atoms with Crippen molar-refractivity contribution in [3.05, 3.63) is 52.9 Å². The maximum atomic E-state index is 11.5. The smallest absolute Gasteiger partial charge is 0.344 e. The Labute approximate surface area is 139 Å². The van der Waals surface area contributed by atoms with Gasteiger partial charge in [-0.3, -0.25) is 14.9 Å². The van der Waals surface area contributed by atoms with Gasteiger partial charge in [0.1, 0.15) is 5.75 Å². The number of furan rings is 1. The van der Waals surface area contributed by atoms with Crippen LogP contribution in [0.1, 0.15) is 10.6 Å². The number of hydrogen-bond acceptors (Lipinski definition) is 6. The lowest BCUT2D eigenvalue weighted by Gasteiger charge is -2.07. The number of ether oxygens (including phenoxy) is 2. The zero-order valence-electron chi connectivity index (χ0n) is 11.8. The molecule has 1 aromatic carbocycles. The topological polar surface area (TPSA) is 94.8 Å². The van der Waals surface area contributed by atoms with Crippen LogP contribution in [0.4, 0.5) is 0 Å². The predicted molar refractivity (Wildman–Crippen MR) is 81.8 cm³/mol. The fourth-order valence-electron chi connectivity index (χ4n) is 1.49. The Morgan fingerprint density at radius 2 is 1.83 bits per heavy atom. The van der Waals surface area contributed by atoms with E-state index in [0.29, 0.717) is 5.75 Å². The van der Waals surface area contributed by atoms with Crippen molar-refractivity contribution >= 4 is 33.7 Å². The van der Waals surface area contributed by atoms with E-state index < -0.39 is 24.4 Å². The molecule has 2 rings (SSSR count). The number of nitrogens with one attached hydrogen (secondary N) is 1. The Hall–Kier alpha value is -2.61. The van der Waals surface area contributed by atoms with Gasteiger partial charge in [0.05, 0.1) is 6.26 Å². The Morgan fingerprint density at radius 3 is 2.48 bits per heavy atom. The van der Waals surface area contributed by atoms with Gasteiger partial charge in [-0.25, -0.2) is 4.79 Å². The molecular weight excluding hydrogens is 370 g/mol. The highest BCUT2D eigenvalue weighted by Crippen LogP contribution is 2.15. The second kappa shape index (κ2) is 8.14. The molecule has 0 bridgehead atoms.